The van der Waals surface area contributed by atoms with E-state index >= 15 is 0 Å². The molecule has 1 aromatic heterocycles. The number of rotatable bonds is 8. The maximum absolute atomic E-state index is 12.8. The maximum atomic E-state index is 12.8. The number of piperidine rings is 1. The van der Waals surface area contributed by atoms with Gasteiger partial charge in [-0.15, -0.1) is 5.48 Å². The maximum Gasteiger partial charge on any atom is 0.308 e. The molecule has 0 saturated carbocycles. The predicted octanol–water partition coefficient (Wildman–Crippen LogP) is 3.77. The van der Waals surface area contributed by atoms with Gasteiger partial charge in [-0.3, -0.25) is 14.4 Å². The van der Waals surface area contributed by atoms with Crippen LogP contribution in [0, 0.1) is 0 Å². The quantitative estimate of drug-likeness (QED) is 0.471. The van der Waals surface area contributed by atoms with E-state index in [1.54, 1.807) is 6.07 Å². The van der Waals surface area contributed by atoms with Crippen LogP contribution in [-0.2, 0) is 22.6 Å². The van der Waals surface area contributed by atoms with Crippen molar-refractivity contribution in [3.63, 3.8) is 0 Å². The van der Waals surface area contributed by atoms with Gasteiger partial charge in [0, 0.05) is 32.6 Å². The van der Waals surface area contributed by atoms with E-state index in [1.165, 1.54) is 17.2 Å². The van der Waals surface area contributed by atoms with Crippen LogP contribution < -0.4 is 15.7 Å². The van der Waals surface area contributed by atoms with Gasteiger partial charge in [-0.05, 0) is 60.4 Å². The lowest BCUT2D eigenvalue weighted by Gasteiger charge is -2.33. The van der Waals surface area contributed by atoms with Crippen LogP contribution in [0.3, 0.4) is 0 Å². The first-order valence-electron chi connectivity index (χ1n) is 13.1. The molecule has 0 radical (unpaired) electrons. The highest BCUT2D eigenvalue weighted by Gasteiger charge is 2.27. The molecule has 0 spiro atoms. The molecule has 0 atom stereocenters. The molecule has 2 fully saturated rings. The summed E-state index contributed by atoms with van der Waals surface area (Å²) in [5.74, 6) is 0.562. The van der Waals surface area contributed by atoms with Crippen LogP contribution in [0.5, 0.6) is 5.95 Å². The number of fused-ring (bicyclic) bond motifs is 1. The van der Waals surface area contributed by atoms with Gasteiger partial charge in [-0.2, -0.15) is 0 Å². The van der Waals surface area contributed by atoms with E-state index < -0.39 is 0 Å². The third-order valence-electron chi connectivity index (χ3n) is 7.45. The molecule has 2 saturated heterocycles. The van der Waals surface area contributed by atoms with Gasteiger partial charge < -0.3 is 19.1 Å². The van der Waals surface area contributed by atoms with Crippen LogP contribution in [-0.4, -0.2) is 47.8 Å². The Balaban J connectivity index is 1.13. The van der Waals surface area contributed by atoms with Gasteiger partial charge in [0.2, 0.25) is 11.8 Å². The molecule has 5 rings (SSSR count). The van der Waals surface area contributed by atoms with E-state index in [9.17, 15) is 14.4 Å². The van der Waals surface area contributed by atoms with Gasteiger partial charge in [-0.1, -0.05) is 37.3 Å². The molecule has 194 valence electrons. The second-order valence-electron chi connectivity index (χ2n) is 9.81. The summed E-state index contributed by atoms with van der Waals surface area (Å²) >= 11 is 0. The molecule has 8 nitrogen and oxygen atoms in total. The van der Waals surface area contributed by atoms with Crippen LogP contribution >= 0.6 is 0 Å². The molecule has 2 aromatic carbocycles. The highest BCUT2D eigenvalue weighted by molar-refractivity contribution is 5.79. The van der Waals surface area contributed by atoms with Gasteiger partial charge in [-0.25, -0.2) is 0 Å². The number of aryl methyl sites for hydroxylation is 1. The zero-order valence-corrected chi connectivity index (χ0v) is 21.2. The Morgan fingerprint density at radius 1 is 1.08 bits per heavy atom. The van der Waals surface area contributed by atoms with E-state index in [2.05, 4.69) is 23.7 Å². The minimum absolute atomic E-state index is 0.0190. The summed E-state index contributed by atoms with van der Waals surface area (Å²) in [6.45, 7) is 4.83. The highest BCUT2D eigenvalue weighted by Crippen LogP contribution is 2.31. The summed E-state index contributed by atoms with van der Waals surface area (Å²) < 4.78 is 5.66. The Morgan fingerprint density at radius 2 is 1.89 bits per heavy atom. The lowest BCUT2D eigenvalue weighted by Crippen LogP contribution is -2.43. The second-order valence-corrected chi connectivity index (χ2v) is 9.81. The minimum atomic E-state index is -0.184. The number of hydrogen-bond acceptors (Lipinski definition) is 6. The zero-order chi connectivity index (χ0) is 25.8. The lowest BCUT2D eigenvalue weighted by atomic mass is 9.86. The molecular weight excluding hydrogens is 470 g/mol. The smallest absolute Gasteiger partial charge is 0.308 e. The van der Waals surface area contributed by atoms with Crippen molar-refractivity contribution in [1.82, 2.24) is 15.3 Å². The van der Waals surface area contributed by atoms with Crippen LogP contribution in [0.15, 0.2) is 57.7 Å². The van der Waals surface area contributed by atoms with Gasteiger partial charge in [0.05, 0.1) is 11.5 Å². The number of carbonyl (C=O) groups excluding carboxylic acids is 2. The van der Waals surface area contributed by atoms with Crippen molar-refractivity contribution in [3.8, 4) is 5.95 Å². The van der Waals surface area contributed by atoms with Crippen molar-refractivity contribution in [1.29, 1.82) is 0 Å². The van der Waals surface area contributed by atoms with Crippen molar-refractivity contribution in [3.05, 3.63) is 75.4 Å². The van der Waals surface area contributed by atoms with E-state index in [-0.39, 0.29) is 29.7 Å². The molecule has 0 aliphatic carbocycles. The SMILES string of the molecule is CCc1ccc2oc(ONCC(=O)N3CCC(c4ccccc4CN4CCCC4=O)CC3)cc(=O)c2c1. The Labute approximate surface area is 216 Å². The first kappa shape index (κ1) is 25.0. The average Bonchev–Trinajstić information content (AvgIpc) is 3.33. The number of amides is 2. The average molecular weight is 504 g/mol. The number of hydrogen-bond donors (Lipinski definition) is 1. The standard InChI is InChI=1S/C29H33N3O5/c1-2-20-9-10-26-24(16-20)25(33)17-29(36-26)37-30-18-28(35)31-14-11-21(12-15-31)23-7-4-3-6-22(23)19-32-13-5-8-27(32)34/h3-4,6-7,9-10,16-17,21,30H,2,5,8,11-15,18-19H2,1H3. The normalized spacial score (nSPS) is 16.5. The van der Waals surface area contributed by atoms with Crippen molar-refractivity contribution < 1.29 is 18.8 Å². The number of benzene rings is 2. The summed E-state index contributed by atoms with van der Waals surface area (Å²) in [6.07, 6.45) is 4.16. The van der Waals surface area contributed by atoms with Crippen molar-refractivity contribution in [2.45, 2.75) is 51.5 Å². The van der Waals surface area contributed by atoms with E-state index in [4.69, 9.17) is 9.25 Å². The summed E-state index contributed by atoms with van der Waals surface area (Å²) in [5, 5.41) is 0.513. The highest BCUT2D eigenvalue weighted by atomic mass is 16.7. The first-order chi connectivity index (χ1) is 18.0. The van der Waals surface area contributed by atoms with Gasteiger partial charge in [0.1, 0.15) is 12.1 Å². The van der Waals surface area contributed by atoms with Crippen LogP contribution in [0.25, 0.3) is 11.0 Å². The number of carbonyl (C=O) groups is 2. The van der Waals surface area contributed by atoms with Gasteiger partial charge in [0.15, 0.2) is 5.43 Å². The predicted molar refractivity (Wildman–Crippen MR) is 140 cm³/mol. The molecule has 1 N–H and O–H groups in total. The summed E-state index contributed by atoms with van der Waals surface area (Å²) in [7, 11) is 0. The molecule has 0 bridgehead atoms. The Hall–Kier alpha value is -3.65. The molecule has 37 heavy (non-hydrogen) atoms. The molecule has 3 heterocycles. The molecule has 0 unspecified atom stereocenters. The molecule has 2 amide bonds. The summed E-state index contributed by atoms with van der Waals surface area (Å²) in [4.78, 5) is 46.5. The largest absolute Gasteiger partial charge is 0.424 e. The molecule has 2 aliphatic rings. The number of nitrogens with zero attached hydrogens (tertiary/aromatic N) is 2. The molecular formula is C29H33N3O5. The fourth-order valence-corrected chi connectivity index (χ4v) is 5.33. The topological polar surface area (TPSA) is 92.1 Å². The third-order valence-corrected chi connectivity index (χ3v) is 7.45. The van der Waals surface area contributed by atoms with Gasteiger partial charge in [0.25, 0.3) is 0 Å². The second kappa shape index (κ2) is 11.2. The van der Waals surface area contributed by atoms with E-state index in [1.807, 2.05) is 34.9 Å². The number of likely N-dealkylation sites (tertiary alicyclic amines) is 2. The number of nitrogens with one attached hydrogen (secondary N) is 1. The fourth-order valence-electron chi connectivity index (χ4n) is 5.33. The van der Waals surface area contributed by atoms with Crippen LogP contribution in [0.4, 0.5) is 0 Å². The summed E-state index contributed by atoms with van der Waals surface area (Å²) in [6, 6.07) is 15.2. The van der Waals surface area contributed by atoms with Crippen LogP contribution in [0.2, 0.25) is 0 Å². The van der Waals surface area contributed by atoms with Crippen molar-refractivity contribution in [2.24, 2.45) is 0 Å². The van der Waals surface area contributed by atoms with Crippen LogP contribution in [0.1, 0.15) is 55.2 Å². The Kier molecular flexibility index (Phi) is 7.55. The zero-order valence-electron chi connectivity index (χ0n) is 21.2. The lowest BCUT2D eigenvalue weighted by molar-refractivity contribution is -0.132. The van der Waals surface area contributed by atoms with Gasteiger partial charge >= 0.3 is 5.95 Å². The fraction of sp³-hybridized carbons (Fsp3) is 0.414. The van der Waals surface area contributed by atoms with E-state index in [0.29, 0.717) is 42.9 Å². The number of hydroxylamine groups is 1. The minimum Gasteiger partial charge on any atom is -0.424 e. The van der Waals surface area contributed by atoms with E-state index in [0.717, 1.165) is 37.8 Å². The third kappa shape index (κ3) is 5.69. The molecule has 2 aliphatic heterocycles. The first-order valence-corrected chi connectivity index (χ1v) is 13.1. The molecule has 3 aromatic rings. The Morgan fingerprint density at radius 3 is 2.65 bits per heavy atom. The summed E-state index contributed by atoms with van der Waals surface area (Å²) in [5.41, 5.74) is 6.47. The Bertz CT molecular complexity index is 1340. The van der Waals surface area contributed by atoms with Crippen molar-refractivity contribution >= 4 is 22.8 Å². The molecule has 8 heteroatoms. The monoisotopic (exact) mass is 503 g/mol. The van der Waals surface area contributed by atoms with Crippen molar-refractivity contribution in [2.75, 3.05) is 26.2 Å².